The summed E-state index contributed by atoms with van der Waals surface area (Å²) in [6, 6.07) is 0. The third-order valence-corrected chi connectivity index (χ3v) is 3.41. The van der Waals surface area contributed by atoms with Gasteiger partial charge in [-0.2, -0.15) is 0 Å². The van der Waals surface area contributed by atoms with Gasteiger partial charge in [-0.05, 0) is 12.8 Å². The van der Waals surface area contributed by atoms with E-state index in [1.54, 1.807) is 0 Å². The van der Waals surface area contributed by atoms with Crippen molar-refractivity contribution < 1.29 is 24.2 Å². The Morgan fingerprint density at radius 3 is 2.18 bits per heavy atom. The van der Waals surface area contributed by atoms with Crippen LogP contribution in [0.15, 0.2) is 0 Å². The van der Waals surface area contributed by atoms with Crippen LogP contribution in [0, 0.1) is 11.8 Å². The zero-order valence-corrected chi connectivity index (χ0v) is 10.1. The molecular weight excluding hydrogens is 224 g/mol. The lowest BCUT2D eigenvalue weighted by Crippen LogP contribution is -2.51. The quantitative estimate of drug-likeness (QED) is 0.548. The van der Waals surface area contributed by atoms with Gasteiger partial charge in [0.05, 0.1) is 6.10 Å². The molecule has 5 heteroatoms. The first-order valence-electron chi connectivity index (χ1n) is 6.04. The molecule has 1 saturated carbocycles. The van der Waals surface area contributed by atoms with E-state index < -0.39 is 29.7 Å². The van der Waals surface area contributed by atoms with Gasteiger partial charge in [0.2, 0.25) is 0 Å². The topological polar surface area (TPSA) is 72.8 Å². The summed E-state index contributed by atoms with van der Waals surface area (Å²) >= 11 is 0. The normalized spacial score (nSPS) is 34.1. The van der Waals surface area contributed by atoms with Gasteiger partial charge in [0.1, 0.15) is 0 Å². The van der Waals surface area contributed by atoms with Crippen molar-refractivity contribution >= 4 is 11.9 Å². The van der Waals surface area contributed by atoms with Crippen LogP contribution in [0.3, 0.4) is 0 Å². The lowest BCUT2D eigenvalue weighted by Gasteiger charge is -2.38. The number of hydrogen-bond acceptors (Lipinski definition) is 5. The first kappa shape index (κ1) is 12.4. The van der Waals surface area contributed by atoms with Gasteiger partial charge in [-0.3, -0.25) is 9.59 Å². The van der Waals surface area contributed by atoms with Crippen LogP contribution in [-0.2, 0) is 19.1 Å². The highest BCUT2D eigenvalue weighted by Gasteiger charge is 2.49. The van der Waals surface area contributed by atoms with Crippen LogP contribution in [0.25, 0.3) is 0 Å². The molecule has 2 atom stereocenters. The van der Waals surface area contributed by atoms with Gasteiger partial charge in [-0.1, -0.05) is 12.8 Å². The molecule has 1 aliphatic carbocycles. The highest BCUT2D eigenvalue weighted by Crippen LogP contribution is 2.35. The molecule has 0 aromatic rings. The molecule has 2 rings (SSSR count). The molecule has 1 saturated heterocycles. The van der Waals surface area contributed by atoms with Crippen molar-refractivity contribution in [1.82, 2.24) is 0 Å². The second-order valence-corrected chi connectivity index (χ2v) is 5.24. The van der Waals surface area contributed by atoms with E-state index in [1.807, 2.05) is 0 Å². The molecule has 2 fully saturated rings. The zero-order valence-electron chi connectivity index (χ0n) is 10.1. The summed E-state index contributed by atoms with van der Waals surface area (Å²) in [6.45, 7) is 3.05. The number of carbonyl (C=O) groups is 2. The fourth-order valence-corrected chi connectivity index (χ4v) is 2.61. The van der Waals surface area contributed by atoms with Gasteiger partial charge >= 0.3 is 11.9 Å². The molecule has 1 heterocycles. The Hall–Kier alpha value is -1.10. The minimum Gasteiger partial charge on any atom is -0.422 e. The number of rotatable bonds is 1. The predicted octanol–water partition coefficient (Wildman–Crippen LogP) is 0.990. The van der Waals surface area contributed by atoms with E-state index in [9.17, 15) is 14.7 Å². The van der Waals surface area contributed by atoms with Crippen molar-refractivity contribution in [3.63, 3.8) is 0 Å². The lowest BCUT2D eigenvalue weighted by molar-refractivity contribution is -0.245. The van der Waals surface area contributed by atoms with Gasteiger partial charge < -0.3 is 14.6 Å². The molecule has 2 aliphatic rings. The summed E-state index contributed by atoms with van der Waals surface area (Å²) in [6.07, 6.45) is 2.53. The summed E-state index contributed by atoms with van der Waals surface area (Å²) in [4.78, 5) is 23.7. The first-order valence-corrected chi connectivity index (χ1v) is 6.04. The fourth-order valence-electron chi connectivity index (χ4n) is 2.61. The van der Waals surface area contributed by atoms with Crippen molar-refractivity contribution in [2.75, 3.05) is 0 Å². The van der Waals surface area contributed by atoms with Crippen LogP contribution < -0.4 is 0 Å². The van der Waals surface area contributed by atoms with E-state index in [0.717, 1.165) is 12.8 Å². The summed E-state index contributed by atoms with van der Waals surface area (Å²) in [5.41, 5.74) is 0. The predicted molar refractivity (Wildman–Crippen MR) is 57.7 cm³/mol. The molecule has 0 amide bonds. The van der Waals surface area contributed by atoms with Crippen molar-refractivity contribution in [2.24, 2.45) is 11.8 Å². The molecule has 17 heavy (non-hydrogen) atoms. The largest absolute Gasteiger partial charge is 0.422 e. The van der Waals surface area contributed by atoms with Gasteiger partial charge in [-0.25, -0.2) is 0 Å². The average molecular weight is 242 g/mol. The van der Waals surface area contributed by atoms with E-state index in [1.165, 1.54) is 13.8 Å². The van der Waals surface area contributed by atoms with Crippen molar-refractivity contribution in [3.8, 4) is 0 Å². The van der Waals surface area contributed by atoms with Crippen LogP contribution >= 0.6 is 0 Å². The summed E-state index contributed by atoms with van der Waals surface area (Å²) in [7, 11) is 0. The zero-order chi connectivity index (χ0) is 12.6. The molecule has 1 N–H and O–H groups in total. The van der Waals surface area contributed by atoms with E-state index in [0.29, 0.717) is 12.8 Å². The van der Waals surface area contributed by atoms with E-state index >= 15 is 0 Å². The van der Waals surface area contributed by atoms with Crippen molar-refractivity contribution in [1.29, 1.82) is 0 Å². The summed E-state index contributed by atoms with van der Waals surface area (Å²) in [5, 5.41) is 9.87. The van der Waals surface area contributed by atoms with Crippen molar-refractivity contribution in [3.05, 3.63) is 0 Å². The molecule has 0 aromatic carbocycles. The lowest BCUT2D eigenvalue weighted by atomic mass is 9.77. The van der Waals surface area contributed by atoms with Gasteiger partial charge in [0.25, 0.3) is 5.79 Å². The molecule has 1 aliphatic heterocycles. The molecule has 96 valence electrons. The molecule has 5 nitrogen and oxygen atoms in total. The Morgan fingerprint density at radius 2 is 1.65 bits per heavy atom. The smallest absolute Gasteiger partial charge is 0.323 e. The minimum absolute atomic E-state index is 0.361. The fraction of sp³-hybridized carbons (Fsp3) is 0.833. The number of aliphatic hydroxyl groups excluding tert-OH is 1. The number of aliphatic hydroxyl groups is 1. The summed E-state index contributed by atoms with van der Waals surface area (Å²) in [5.74, 6) is -3.66. The molecule has 0 spiro atoms. The Labute approximate surface area is 100 Å². The van der Waals surface area contributed by atoms with E-state index in [4.69, 9.17) is 9.47 Å². The second kappa shape index (κ2) is 4.29. The molecule has 0 unspecified atom stereocenters. The van der Waals surface area contributed by atoms with E-state index in [-0.39, 0.29) is 5.92 Å². The Bertz CT molecular complexity index is 316. The van der Waals surface area contributed by atoms with Gasteiger partial charge in [-0.15, -0.1) is 0 Å². The average Bonchev–Trinajstić information content (AvgIpc) is 2.17. The first-order chi connectivity index (χ1) is 7.91. The second-order valence-electron chi connectivity index (χ2n) is 5.24. The maximum absolute atomic E-state index is 11.8. The maximum atomic E-state index is 11.8. The number of cyclic esters (lactones) is 2. The van der Waals surface area contributed by atoms with Crippen LogP contribution in [0.1, 0.15) is 39.5 Å². The van der Waals surface area contributed by atoms with Crippen LogP contribution in [0.2, 0.25) is 0 Å². The third-order valence-electron chi connectivity index (χ3n) is 3.41. The SMILES string of the molecule is CC1(C)OC(=O)C([C@@H]2CCCC[C@H]2O)C(=O)O1. The Kier molecular flexibility index (Phi) is 3.12. The summed E-state index contributed by atoms with van der Waals surface area (Å²) < 4.78 is 10.1. The molecule has 0 bridgehead atoms. The van der Waals surface area contributed by atoms with Gasteiger partial charge in [0.15, 0.2) is 5.92 Å². The van der Waals surface area contributed by atoms with Crippen LogP contribution in [-0.4, -0.2) is 28.9 Å². The number of hydrogen-bond donors (Lipinski definition) is 1. The molecular formula is C12H18O5. The van der Waals surface area contributed by atoms with Crippen LogP contribution in [0.5, 0.6) is 0 Å². The molecule has 0 radical (unpaired) electrons. The number of carbonyl (C=O) groups excluding carboxylic acids is 2. The highest BCUT2D eigenvalue weighted by atomic mass is 16.7. The van der Waals surface area contributed by atoms with Crippen molar-refractivity contribution in [2.45, 2.75) is 51.4 Å². The third kappa shape index (κ3) is 2.44. The van der Waals surface area contributed by atoms with Gasteiger partial charge in [0, 0.05) is 19.8 Å². The Morgan fingerprint density at radius 1 is 1.12 bits per heavy atom. The monoisotopic (exact) mass is 242 g/mol. The van der Waals surface area contributed by atoms with Crippen LogP contribution in [0.4, 0.5) is 0 Å². The number of esters is 2. The Balaban J connectivity index is 2.15. The minimum atomic E-state index is -1.19. The standard InChI is InChI=1S/C12H18O5/c1-12(2)16-10(14)9(11(15)17-12)7-5-3-4-6-8(7)13/h7-9,13H,3-6H2,1-2H3/t7-,8-/m1/s1. The maximum Gasteiger partial charge on any atom is 0.323 e. The molecule has 0 aromatic heterocycles. The number of ether oxygens (including phenoxy) is 2. The highest BCUT2D eigenvalue weighted by molar-refractivity contribution is 5.97. The van der Waals surface area contributed by atoms with E-state index in [2.05, 4.69) is 0 Å².